The molecule has 0 saturated carbocycles. The van der Waals surface area contributed by atoms with Crippen LogP contribution in [0.3, 0.4) is 0 Å². The molecule has 0 aromatic heterocycles. The predicted octanol–water partition coefficient (Wildman–Crippen LogP) is 4.43. The highest BCUT2D eigenvalue weighted by Crippen LogP contribution is 2.20. The molecule has 0 radical (unpaired) electrons. The van der Waals surface area contributed by atoms with Crippen molar-refractivity contribution in [3.05, 3.63) is 0 Å². The summed E-state index contributed by atoms with van der Waals surface area (Å²) in [5, 5.41) is 0. The molecule has 5 nitrogen and oxygen atoms in total. The fourth-order valence-corrected chi connectivity index (χ4v) is 2.48. The maximum atomic E-state index is 5.98. The van der Waals surface area contributed by atoms with Gasteiger partial charge in [-0.15, -0.1) is 0 Å². The van der Waals surface area contributed by atoms with Crippen LogP contribution in [0.5, 0.6) is 0 Å². The quantitative estimate of drug-likeness (QED) is 0.237. The summed E-state index contributed by atoms with van der Waals surface area (Å²) >= 11 is 0. The van der Waals surface area contributed by atoms with Crippen LogP contribution in [0.1, 0.15) is 66.2 Å². The predicted molar refractivity (Wildman–Crippen MR) is 102 cm³/mol. The first-order valence-electron chi connectivity index (χ1n) is 10.3. The monoisotopic (exact) mass is 362 g/mol. The SMILES string of the molecule is CCCCC(CC)C(OCCOCCC)OCCOCCOCCC. The van der Waals surface area contributed by atoms with Crippen LogP contribution in [-0.4, -0.2) is 59.1 Å². The molecule has 0 saturated heterocycles. The van der Waals surface area contributed by atoms with E-state index in [4.69, 9.17) is 23.7 Å². The van der Waals surface area contributed by atoms with E-state index in [1.54, 1.807) is 0 Å². The Hall–Kier alpha value is -0.200. The number of hydrogen-bond acceptors (Lipinski definition) is 5. The van der Waals surface area contributed by atoms with Crippen LogP contribution >= 0.6 is 0 Å². The molecule has 0 N–H and O–H groups in total. The van der Waals surface area contributed by atoms with Gasteiger partial charge in [0.05, 0.1) is 39.6 Å². The normalized spacial score (nSPS) is 13.9. The minimum absolute atomic E-state index is 0.165. The summed E-state index contributed by atoms with van der Waals surface area (Å²) in [7, 11) is 0. The molecule has 2 unspecified atom stereocenters. The van der Waals surface area contributed by atoms with E-state index in [2.05, 4.69) is 27.7 Å². The minimum atomic E-state index is -0.165. The van der Waals surface area contributed by atoms with Crippen LogP contribution in [0, 0.1) is 5.92 Å². The van der Waals surface area contributed by atoms with Gasteiger partial charge in [0.25, 0.3) is 0 Å². The Morgan fingerprint density at radius 1 is 0.560 bits per heavy atom. The van der Waals surface area contributed by atoms with E-state index in [0.717, 1.165) is 38.9 Å². The zero-order chi connectivity index (χ0) is 18.6. The second kappa shape index (κ2) is 20.1. The van der Waals surface area contributed by atoms with Gasteiger partial charge in [-0.05, 0) is 25.7 Å². The van der Waals surface area contributed by atoms with E-state index in [-0.39, 0.29) is 6.29 Å². The van der Waals surface area contributed by atoms with E-state index < -0.39 is 0 Å². The summed E-state index contributed by atoms with van der Waals surface area (Å²) in [5.74, 6) is 0.430. The number of rotatable bonds is 20. The standard InChI is InChI=1S/C20H42O5/c1-5-9-10-19(8-4)20(24-17-15-22-12-7-3)25-18-16-23-14-13-21-11-6-2/h19-20H,5-18H2,1-4H3. The molecule has 0 aromatic carbocycles. The van der Waals surface area contributed by atoms with Crippen LogP contribution in [0.4, 0.5) is 0 Å². The van der Waals surface area contributed by atoms with Crippen LogP contribution in [-0.2, 0) is 23.7 Å². The van der Waals surface area contributed by atoms with Crippen LogP contribution < -0.4 is 0 Å². The van der Waals surface area contributed by atoms with Crippen molar-refractivity contribution >= 4 is 0 Å². The fourth-order valence-electron chi connectivity index (χ4n) is 2.48. The van der Waals surface area contributed by atoms with Crippen molar-refractivity contribution < 1.29 is 23.7 Å². The second-order valence-corrected chi connectivity index (χ2v) is 6.26. The average molecular weight is 363 g/mol. The van der Waals surface area contributed by atoms with E-state index in [9.17, 15) is 0 Å². The lowest BCUT2D eigenvalue weighted by atomic mass is 9.99. The van der Waals surface area contributed by atoms with Crippen molar-refractivity contribution in [2.75, 3.05) is 52.9 Å². The maximum absolute atomic E-state index is 5.98. The maximum Gasteiger partial charge on any atom is 0.160 e. The molecule has 0 aliphatic heterocycles. The lowest BCUT2D eigenvalue weighted by molar-refractivity contribution is -0.187. The molecule has 5 heteroatoms. The molecule has 0 rings (SSSR count). The molecule has 0 spiro atoms. The van der Waals surface area contributed by atoms with E-state index in [0.29, 0.717) is 45.6 Å². The van der Waals surface area contributed by atoms with Gasteiger partial charge in [-0.2, -0.15) is 0 Å². The van der Waals surface area contributed by atoms with Gasteiger partial charge in [-0.25, -0.2) is 0 Å². The van der Waals surface area contributed by atoms with Gasteiger partial charge >= 0.3 is 0 Å². The lowest BCUT2D eigenvalue weighted by Gasteiger charge is -2.26. The first kappa shape index (κ1) is 24.8. The largest absolute Gasteiger partial charge is 0.379 e. The van der Waals surface area contributed by atoms with E-state index >= 15 is 0 Å². The smallest absolute Gasteiger partial charge is 0.160 e. The average Bonchev–Trinajstić information content (AvgIpc) is 2.63. The zero-order valence-corrected chi connectivity index (χ0v) is 17.1. The molecular formula is C20H42O5. The molecule has 0 aliphatic rings. The Morgan fingerprint density at radius 3 is 1.48 bits per heavy atom. The Bertz CT molecular complexity index is 250. The number of unbranched alkanes of at least 4 members (excludes halogenated alkanes) is 1. The van der Waals surface area contributed by atoms with Crippen molar-refractivity contribution in [1.29, 1.82) is 0 Å². The highest BCUT2D eigenvalue weighted by atomic mass is 16.7. The first-order valence-corrected chi connectivity index (χ1v) is 10.3. The third kappa shape index (κ3) is 15.7. The van der Waals surface area contributed by atoms with Crippen LogP contribution in [0.2, 0.25) is 0 Å². The van der Waals surface area contributed by atoms with Gasteiger partial charge in [0, 0.05) is 19.1 Å². The van der Waals surface area contributed by atoms with Crippen LogP contribution in [0.15, 0.2) is 0 Å². The lowest BCUT2D eigenvalue weighted by Crippen LogP contribution is -2.30. The topological polar surface area (TPSA) is 46.2 Å². The van der Waals surface area contributed by atoms with Crippen molar-refractivity contribution in [3.8, 4) is 0 Å². The molecule has 0 amide bonds. The molecule has 0 aromatic rings. The summed E-state index contributed by atoms with van der Waals surface area (Å²) in [6, 6.07) is 0. The van der Waals surface area contributed by atoms with Gasteiger partial charge in [0.2, 0.25) is 0 Å². The molecule has 0 fully saturated rings. The summed E-state index contributed by atoms with van der Waals surface area (Å²) < 4.78 is 28.4. The highest BCUT2D eigenvalue weighted by Gasteiger charge is 2.21. The zero-order valence-electron chi connectivity index (χ0n) is 17.1. The van der Waals surface area contributed by atoms with Gasteiger partial charge in [0.15, 0.2) is 6.29 Å². The highest BCUT2D eigenvalue weighted by molar-refractivity contribution is 4.62. The van der Waals surface area contributed by atoms with Gasteiger partial charge < -0.3 is 23.7 Å². The molecule has 25 heavy (non-hydrogen) atoms. The van der Waals surface area contributed by atoms with Gasteiger partial charge in [-0.3, -0.25) is 0 Å². The molecule has 0 heterocycles. The third-order valence-electron chi connectivity index (χ3n) is 3.93. The third-order valence-corrected chi connectivity index (χ3v) is 3.93. The van der Waals surface area contributed by atoms with Gasteiger partial charge in [-0.1, -0.05) is 40.5 Å². The molecular weight excluding hydrogens is 320 g/mol. The fraction of sp³-hybridized carbons (Fsp3) is 1.00. The summed E-state index contributed by atoms with van der Waals surface area (Å²) in [5.41, 5.74) is 0. The Balaban J connectivity index is 4.01. The van der Waals surface area contributed by atoms with Gasteiger partial charge in [0.1, 0.15) is 0 Å². The van der Waals surface area contributed by atoms with Crippen molar-refractivity contribution in [3.63, 3.8) is 0 Å². The minimum Gasteiger partial charge on any atom is -0.379 e. The summed E-state index contributed by atoms with van der Waals surface area (Å²) in [6.07, 6.45) is 6.52. The molecule has 0 bridgehead atoms. The second-order valence-electron chi connectivity index (χ2n) is 6.26. The Morgan fingerprint density at radius 2 is 1.04 bits per heavy atom. The van der Waals surface area contributed by atoms with Crippen molar-refractivity contribution in [2.45, 2.75) is 72.5 Å². The van der Waals surface area contributed by atoms with Crippen molar-refractivity contribution in [2.24, 2.45) is 5.92 Å². The summed E-state index contributed by atoms with van der Waals surface area (Å²) in [4.78, 5) is 0. The summed E-state index contributed by atoms with van der Waals surface area (Å²) in [6.45, 7) is 13.8. The Kier molecular flexibility index (Phi) is 20.0. The number of hydrogen-bond donors (Lipinski definition) is 0. The molecule has 152 valence electrons. The molecule has 0 aliphatic carbocycles. The van der Waals surface area contributed by atoms with E-state index in [1.165, 1.54) is 12.8 Å². The van der Waals surface area contributed by atoms with Crippen molar-refractivity contribution in [1.82, 2.24) is 0 Å². The van der Waals surface area contributed by atoms with E-state index in [1.807, 2.05) is 0 Å². The van der Waals surface area contributed by atoms with Crippen LogP contribution in [0.25, 0.3) is 0 Å². The first-order chi connectivity index (χ1) is 12.3. The number of ether oxygens (including phenoxy) is 5. The Labute approximate surface area is 155 Å². The molecule has 2 atom stereocenters.